The van der Waals surface area contributed by atoms with Gasteiger partial charge in [0.25, 0.3) is 0 Å². The van der Waals surface area contributed by atoms with Crippen LogP contribution in [0, 0.1) is 5.82 Å². The fraction of sp³-hybridized carbons (Fsp3) is 0.333. The van der Waals surface area contributed by atoms with Gasteiger partial charge in [0.05, 0.1) is 12.7 Å². The Kier molecular flexibility index (Phi) is 4.32. The van der Waals surface area contributed by atoms with Crippen molar-refractivity contribution in [2.24, 2.45) is 5.73 Å². The van der Waals surface area contributed by atoms with Gasteiger partial charge in [-0.25, -0.2) is 4.39 Å². The zero-order valence-electron chi connectivity index (χ0n) is 12.0. The van der Waals surface area contributed by atoms with Crippen LogP contribution in [0.5, 0.6) is 0 Å². The summed E-state index contributed by atoms with van der Waals surface area (Å²) in [6.07, 6.45) is 2.23. The summed E-state index contributed by atoms with van der Waals surface area (Å²) in [6, 6.07) is 15.0. The molecule has 0 aromatic heterocycles. The van der Waals surface area contributed by atoms with E-state index in [2.05, 4.69) is 18.2 Å². The molecule has 0 bridgehead atoms. The molecular weight excluding hydrogens is 265 g/mol. The lowest BCUT2D eigenvalue weighted by Gasteiger charge is -2.28. The monoisotopic (exact) mass is 285 g/mol. The van der Waals surface area contributed by atoms with Gasteiger partial charge in [0, 0.05) is 6.04 Å². The maximum Gasteiger partial charge on any atom is 0.126 e. The second-order valence-electron chi connectivity index (χ2n) is 5.60. The van der Waals surface area contributed by atoms with E-state index in [1.807, 2.05) is 12.1 Å². The Morgan fingerprint density at radius 3 is 2.76 bits per heavy atom. The number of fused-ring (bicyclic) bond motifs is 1. The predicted octanol–water partition coefficient (Wildman–Crippen LogP) is 3.40. The molecule has 21 heavy (non-hydrogen) atoms. The minimum absolute atomic E-state index is 0.0247. The summed E-state index contributed by atoms with van der Waals surface area (Å²) < 4.78 is 19.5. The van der Waals surface area contributed by atoms with E-state index in [0.29, 0.717) is 18.4 Å². The quantitative estimate of drug-likeness (QED) is 0.934. The molecule has 2 N–H and O–H groups in total. The van der Waals surface area contributed by atoms with Crippen molar-refractivity contribution in [3.05, 3.63) is 71.0 Å². The first-order chi connectivity index (χ1) is 10.2. The molecule has 3 heteroatoms. The van der Waals surface area contributed by atoms with Crippen LogP contribution >= 0.6 is 0 Å². The zero-order chi connectivity index (χ0) is 14.7. The topological polar surface area (TPSA) is 35.2 Å². The molecular formula is C18H20FNO. The minimum atomic E-state index is -0.182. The van der Waals surface area contributed by atoms with Gasteiger partial charge in [-0.3, -0.25) is 0 Å². The highest BCUT2D eigenvalue weighted by atomic mass is 19.1. The molecule has 2 aromatic carbocycles. The van der Waals surface area contributed by atoms with Gasteiger partial charge in [-0.2, -0.15) is 0 Å². The number of rotatable bonds is 4. The van der Waals surface area contributed by atoms with E-state index in [0.717, 1.165) is 13.0 Å². The maximum atomic E-state index is 13.7. The molecule has 1 aliphatic rings. The van der Waals surface area contributed by atoms with E-state index in [1.54, 1.807) is 12.1 Å². The standard InChI is InChI=1S/C18H20FNO/c19-17-8-4-2-6-14(17)11-15(20)12-18-16-7-3-1-5-13(16)9-10-21-18/h1-8,15,18H,9-12,20H2. The van der Waals surface area contributed by atoms with Crippen molar-refractivity contribution < 1.29 is 9.13 Å². The molecule has 0 fully saturated rings. The van der Waals surface area contributed by atoms with Crippen LogP contribution in [0.1, 0.15) is 29.2 Å². The molecule has 0 radical (unpaired) electrons. The highest BCUT2D eigenvalue weighted by Gasteiger charge is 2.23. The van der Waals surface area contributed by atoms with Gasteiger partial charge in [-0.05, 0) is 42.0 Å². The highest BCUT2D eigenvalue weighted by Crippen LogP contribution is 2.30. The average molecular weight is 285 g/mol. The Hall–Kier alpha value is -1.71. The van der Waals surface area contributed by atoms with Crippen molar-refractivity contribution in [3.8, 4) is 0 Å². The largest absolute Gasteiger partial charge is 0.373 e. The first-order valence-electron chi connectivity index (χ1n) is 7.42. The molecule has 0 aliphatic carbocycles. The van der Waals surface area contributed by atoms with Crippen LogP contribution in [0.25, 0.3) is 0 Å². The van der Waals surface area contributed by atoms with E-state index in [-0.39, 0.29) is 18.0 Å². The van der Waals surface area contributed by atoms with Gasteiger partial charge in [0.2, 0.25) is 0 Å². The van der Waals surface area contributed by atoms with Crippen molar-refractivity contribution in [1.29, 1.82) is 0 Å². The van der Waals surface area contributed by atoms with Gasteiger partial charge in [0.15, 0.2) is 0 Å². The van der Waals surface area contributed by atoms with Crippen LogP contribution in [-0.4, -0.2) is 12.6 Å². The summed E-state index contributed by atoms with van der Waals surface area (Å²) in [5, 5.41) is 0. The Morgan fingerprint density at radius 1 is 1.14 bits per heavy atom. The molecule has 3 rings (SSSR count). The lowest BCUT2D eigenvalue weighted by atomic mass is 9.92. The molecule has 0 amide bonds. The smallest absolute Gasteiger partial charge is 0.126 e. The first-order valence-corrected chi connectivity index (χ1v) is 7.42. The molecule has 2 unspecified atom stereocenters. The molecule has 0 saturated carbocycles. The third-order valence-electron chi connectivity index (χ3n) is 4.05. The first kappa shape index (κ1) is 14.2. The molecule has 110 valence electrons. The van der Waals surface area contributed by atoms with Crippen LogP contribution in [0.4, 0.5) is 4.39 Å². The SMILES string of the molecule is NC(Cc1ccccc1F)CC1OCCc2ccccc21. The Labute approximate surface area is 124 Å². The van der Waals surface area contributed by atoms with Gasteiger partial charge in [0.1, 0.15) is 5.82 Å². The Morgan fingerprint density at radius 2 is 1.90 bits per heavy atom. The van der Waals surface area contributed by atoms with E-state index in [9.17, 15) is 4.39 Å². The molecule has 0 spiro atoms. The van der Waals surface area contributed by atoms with E-state index < -0.39 is 0 Å². The molecule has 2 aromatic rings. The summed E-state index contributed by atoms with van der Waals surface area (Å²) >= 11 is 0. The number of benzene rings is 2. The fourth-order valence-electron chi connectivity index (χ4n) is 2.98. The van der Waals surface area contributed by atoms with Crippen molar-refractivity contribution in [2.75, 3.05) is 6.61 Å². The van der Waals surface area contributed by atoms with Crippen LogP contribution in [0.2, 0.25) is 0 Å². The highest BCUT2D eigenvalue weighted by molar-refractivity contribution is 5.31. The third kappa shape index (κ3) is 3.31. The summed E-state index contributed by atoms with van der Waals surface area (Å²) in [5.74, 6) is -0.182. The van der Waals surface area contributed by atoms with E-state index in [4.69, 9.17) is 10.5 Å². The van der Waals surface area contributed by atoms with Gasteiger partial charge in [-0.15, -0.1) is 0 Å². The number of hydrogen-bond acceptors (Lipinski definition) is 2. The summed E-state index contributed by atoms with van der Waals surface area (Å²) in [6.45, 7) is 0.730. The number of ether oxygens (including phenoxy) is 1. The average Bonchev–Trinajstić information content (AvgIpc) is 2.50. The fourth-order valence-corrected chi connectivity index (χ4v) is 2.98. The van der Waals surface area contributed by atoms with Gasteiger partial charge < -0.3 is 10.5 Å². The van der Waals surface area contributed by atoms with Crippen molar-refractivity contribution >= 4 is 0 Å². The third-order valence-corrected chi connectivity index (χ3v) is 4.05. The molecule has 1 aliphatic heterocycles. The lowest BCUT2D eigenvalue weighted by molar-refractivity contribution is 0.0321. The van der Waals surface area contributed by atoms with Crippen LogP contribution in [0.15, 0.2) is 48.5 Å². The van der Waals surface area contributed by atoms with E-state index in [1.165, 1.54) is 17.2 Å². The summed E-state index contributed by atoms with van der Waals surface area (Å²) in [5.41, 5.74) is 9.46. The maximum absolute atomic E-state index is 13.7. The van der Waals surface area contributed by atoms with Crippen LogP contribution in [0.3, 0.4) is 0 Å². The van der Waals surface area contributed by atoms with Crippen molar-refractivity contribution in [3.63, 3.8) is 0 Å². The van der Waals surface area contributed by atoms with Crippen LogP contribution < -0.4 is 5.73 Å². The lowest BCUT2D eigenvalue weighted by Crippen LogP contribution is -2.29. The summed E-state index contributed by atoms with van der Waals surface area (Å²) in [7, 11) is 0. The van der Waals surface area contributed by atoms with E-state index >= 15 is 0 Å². The molecule has 2 atom stereocenters. The van der Waals surface area contributed by atoms with Crippen LogP contribution in [-0.2, 0) is 17.6 Å². The second kappa shape index (κ2) is 6.37. The predicted molar refractivity (Wildman–Crippen MR) is 81.5 cm³/mol. The van der Waals surface area contributed by atoms with Crippen molar-refractivity contribution in [2.45, 2.75) is 31.4 Å². The normalized spacial score (nSPS) is 19.0. The molecule has 0 saturated heterocycles. The number of halogens is 1. The number of nitrogens with two attached hydrogens (primary N) is 1. The zero-order valence-corrected chi connectivity index (χ0v) is 12.0. The molecule has 2 nitrogen and oxygen atoms in total. The Balaban J connectivity index is 1.69. The van der Waals surface area contributed by atoms with Gasteiger partial charge in [-0.1, -0.05) is 42.5 Å². The Bertz CT molecular complexity index is 614. The minimum Gasteiger partial charge on any atom is -0.373 e. The number of hydrogen-bond donors (Lipinski definition) is 1. The molecule has 1 heterocycles. The van der Waals surface area contributed by atoms with Crippen molar-refractivity contribution in [1.82, 2.24) is 0 Å². The summed E-state index contributed by atoms with van der Waals surface area (Å²) in [4.78, 5) is 0. The second-order valence-corrected chi connectivity index (χ2v) is 5.60. The van der Waals surface area contributed by atoms with Gasteiger partial charge >= 0.3 is 0 Å².